The molecule has 0 unspecified atom stereocenters. The van der Waals surface area contributed by atoms with Crippen LogP contribution < -0.4 is 10.6 Å². The summed E-state index contributed by atoms with van der Waals surface area (Å²) in [6.45, 7) is 1.34. The number of ether oxygens (including phenoxy) is 1. The molecule has 4 nitrogen and oxygen atoms in total. The molecule has 1 heterocycles. The van der Waals surface area contributed by atoms with Gasteiger partial charge in [0, 0.05) is 19.2 Å². The fourth-order valence-corrected chi connectivity index (χ4v) is 3.18. The molecule has 23 heavy (non-hydrogen) atoms. The molecule has 2 aliphatic rings. The van der Waals surface area contributed by atoms with Crippen molar-refractivity contribution in [1.82, 2.24) is 10.6 Å². The summed E-state index contributed by atoms with van der Waals surface area (Å²) in [7, 11) is 0. The van der Waals surface area contributed by atoms with Gasteiger partial charge in [0.2, 0.25) is 0 Å². The van der Waals surface area contributed by atoms with E-state index in [2.05, 4.69) is 10.6 Å². The maximum Gasteiger partial charge on any atom is 0.315 e. The van der Waals surface area contributed by atoms with Crippen molar-refractivity contribution in [3.8, 4) is 0 Å². The Bertz CT molecular complexity index is 534. The molecular weight excluding hydrogens is 295 g/mol. The molecule has 1 aliphatic heterocycles. The Hall–Kier alpha value is -1.62. The van der Waals surface area contributed by atoms with Gasteiger partial charge in [-0.1, -0.05) is 12.1 Å². The maximum absolute atomic E-state index is 13.1. The minimum absolute atomic E-state index is 0.106. The fraction of sp³-hybridized carbons (Fsp3) is 0.611. The third-order valence-corrected chi connectivity index (χ3v) is 4.61. The van der Waals surface area contributed by atoms with E-state index in [1.54, 1.807) is 12.1 Å². The first-order valence-electron chi connectivity index (χ1n) is 8.61. The lowest BCUT2D eigenvalue weighted by molar-refractivity contribution is -0.00913. The molecule has 1 aliphatic carbocycles. The van der Waals surface area contributed by atoms with Crippen LogP contribution in [0, 0.1) is 11.7 Å². The largest absolute Gasteiger partial charge is 0.378 e. The zero-order valence-corrected chi connectivity index (χ0v) is 13.4. The van der Waals surface area contributed by atoms with Gasteiger partial charge in [0.05, 0.1) is 6.10 Å². The number of amides is 2. The Morgan fingerprint density at radius 1 is 1.30 bits per heavy atom. The SMILES string of the molecule is O=C(NCCCc1cccc(F)c1)N[C@H]1CCO[C@@H](C2CC2)C1. The predicted octanol–water partition coefficient (Wildman–Crippen LogP) is 3.02. The van der Waals surface area contributed by atoms with E-state index in [4.69, 9.17) is 4.74 Å². The second-order valence-corrected chi connectivity index (χ2v) is 6.60. The van der Waals surface area contributed by atoms with Crippen molar-refractivity contribution >= 4 is 6.03 Å². The Kier molecular flexibility index (Phi) is 5.49. The Balaban J connectivity index is 1.31. The van der Waals surface area contributed by atoms with Gasteiger partial charge in [-0.3, -0.25) is 0 Å². The van der Waals surface area contributed by atoms with E-state index in [0.29, 0.717) is 18.6 Å². The van der Waals surface area contributed by atoms with Gasteiger partial charge in [0.1, 0.15) is 5.82 Å². The summed E-state index contributed by atoms with van der Waals surface area (Å²) in [5, 5.41) is 5.94. The topological polar surface area (TPSA) is 50.4 Å². The molecular formula is C18H25FN2O2. The Labute approximate surface area is 136 Å². The van der Waals surface area contributed by atoms with Crippen LogP contribution in [0.1, 0.15) is 37.7 Å². The highest BCUT2D eigenvalue weighted by Gasteiger charge is 2.36. The summed E-state index contributed by atoms with van der Waals surface area (Å²) in [4.78, 5) is 11.9. The highest BCUT2D eigenvalue weighted by atomic mass is 19.1. The normalized spacial score (nSPS) is 24.2. The van der Waals surface area contributed by atoms with Gasteiger partial charge in [-0.05, 0) is 62.1 Å². The molecule has 1 aromatic rings. The summed E-state index contributed by atoms with van der Waals surface area (Å²) in [5.41, 5.74) is 0.962. The number of carbonyl (C=O) groups excluding carboxylic acids is 1. The van der Waals surface area contributed by atoms with Crippen LogP contribution in [0.5, 0.6) is 0 Å². The van der Waals surface area contributed by atoms with E-state index >= 15 is 0 Å². The first kappa shape index (κ1) is 16.2. The highest BCUT2D eigenvalue weighted by Crippen LogP contribution is 2.38. The molecule has 126 valence electrons. The van der Waals surface area contributed by atoms with E-state index in [1.807, 2.05) is 6.07 Å². The monoisotopic (exact) mass is 320 g/mol. The minimum Gasteiger partial charge on any atom is -0.378 e. The molecule has 3 rings (SSSR count). The lowest BCUT2D eigenvalue weighted by Gasteiger charge is -2.30. The number of carbonyl (C=O) groups is 1. The quantitative estimate of drug-likeness (QED) is 0.792. The smallest absolute Gasteiger partial charge is 0.315 e. The van der Waals surface area contributed by atoms with Crippen molar-refractivity contribution < 1.29 is 13.9 Å². The van der Waals surface area contributed by atoms with Gasteiger partial charge < -0.3 is 15.4 Å². The lowest BCUT2D eigenvalue weighted by Crippen LogP contribution is -2.46. The number of aryl methyl sites for hydroxylation is 1. The zero-order chi connectivity index (χ0) is 16.1. The first-order valence-corrected chi connectivity index (χ1v) is 8.61. The van der Waals surface area contributed by atoms with Crippen molar-refractivity contribution in [2.75, 3.05) is 13.2 Å². The molecule has 0 bridgehead atoms. The van der Waals surface area contributed by atoms with Gasteiger partial charge in [0.25, 0.3) is 0 Å². The standard InChI is InChI=1S/C18H25FN2O2/c19-15-5-1-3-13(11-15)4-2-9-20-18(22)21-16-8-10-23-17(12-16)14-6-7-14/h1,3,5,11,14,16-17H,2,4,6-10,12H2,(H2,20,21,22)/t16-,17+/m0/s1. The predicted molar refractivity (Wildman–Crippen MR) is 86.7 cm³/mol. The van der Waals surface area contributed by atoms with Crippen LogP contribution in [0.25, 0.3) is 0 Å². The number of hydrogen-bond acceptors (Lipinski definition) is 2. The van der Waals surface area contributed by atoms with Gasteiger partial charge in [0.15, 0.2) is 0 Å². The second kappa shape index (κ2) is 7.77. The summed E-state index contributed by atoms with van der Waals surface area (Å²) < 4.78 is 18.8. The van der Waals surface area contributed by atoms with Crippen molar-refractivity contribution in [1.29, 1.82) is 0 Å². The van der Waals surface area contributed by atoms with Crippen molar-refractivity contribution in [2.45, 2.75) is 50.7 Å². The molecule has 2 amide bonds. The molecule has 1 aromatic carbocycles. The van der Waals surface area contributed by atoms with E-state index in [0.717, 1.165) is 37.9 Å². The summed E-state index contributed by atoms with van der Waals surface area (Å²) in [6, 6.07) is 6.72. The molecule has 0 radical (unpaired) electrons. The summed E-state index contributed by atoms with van der Waals surface area (Å²) in [6.07, 6.45) is 6.25. The summed E-state index contributed by atoms with van der Waals surface area (Å²) in [5.74, 6) is 0.506. The van der Waals surface area contributed by atoms with Gasteiger partial charge >= 0.3 is 6.03 Å². The summed E-state index contributed by atoms with van der Waals surface area (Å²) >= 11 is 0. The molecule has 1 saturated heterocycles. The number of urea groups is 1. The fourth-order valence-electron chi connectivity index (χ4n) is 3.18. The molecule has 2 atom stereocenters. The Morgan fingerprint density at radius 2 is 2.17 bits per heavy atom. The number of benzene rings is 1. The number of halogens is 1. The van der Waals surface area contributed by atoms with Crippen molar-refractivity contribution in [3.63, 3.8) is 0 Å². The van der Waals surface area contributed by atoms with Crippen molar-refractivity contribution in [3.05, 3.63) is 35.6 Å². The average molecular weight is 320 g/mol. The molecule has 0 spiro atoms. The van der Waals surface area contributed by atoms with E-state index in [9.17, 15) is 9.18 Å². The number of hydrogen-bond donors (Lipinski definition) is 2. The van der Waals surface area contributed by atoms with E-state index in [-0.39, 0.29) is 17.9 Å². The van der Waals surface area contributed by atoms with Crippen LogP contribution >= 0.6 is 0 Å². The third kappa shape index (κ3) is 5.20. The van der Waals surface area contributed by atoms with Gasteiger partial charge in [-0.15, -0.1) is 0 Å². The zero-order valence-electron chi connectivity index (χ0n) is 13.4. The van der Waals surface area contributed by atoms with E-state index in [1.165, 1.54) is 18.9 Å². The van der Waals surface area contributed by atoms with Crippen LogP contribution in [0.4, 0.5) is 9.18 Å². The van der Waals surface area contributed by atoms with Crippen LogP contribution in [0.15, 0.2) is 24.3 Å². The van der Waals surface area contributed by atoms with Crippen LogP contribution in [0.3, 0.4) is 0 Å². The van der Waals surface area contributed by atoms with Crippen molar-refractivity contribution in [2.24, 2.45) is 5.92 Å². The Morgan fingerprint density at radius 3 is 2.96 bits per heavy atom. The number of rotatable bonds is 6. The van der Waals surface area contributed by atoms with Crippen LogP contribution in [-0.4, -0.2) is 31.3 Å². The van der Waals surface area contributed by atoms with Gasteiger partial charge in [-0.2, -0.15) is 0 Å². The molecule has 2 fully saturated rings. The number of nitrogens with one attached hydrogen (secondary N) is 2. The van der Waals surface area contributed by atoms with E-state index < -0.39 is 0 Å². The maximum atomic E-state index is 13.1. The second-order valence-electron chi connectivity index (χ2n) is 6.60. The lowest BCUT2D eigenvalue weighted by atomic mass is 10.0. The average Bonchev–Trinajstić information content (AvgIpc) is 3.37. The molecule has 5 heteroatoms. The molecule has 2 N–H and O–H groups in total. The van der Waals surface area contributed by atoms with Gasteiger partial charge in [-0.25, -0.2) is 9.18 Å². The van der Waals surface area contributed by atoms with Crippen LogP contribution in [-0.2, 0) is 11.2 Å². The first-order chi connectivity index (χ1) is 11.2. The minimum atomic E-state index is -0.210. The molecule has 0 aromatic heterocycles. The highest BCUT2D eigenvalue weighted by molar-refractivity contribution is 5.74. The third-order valence-electron chi connectivity index (χ3n) is 4.61. The molecule has 1 saturated carbocycles. The van der Waals surface area contributed by atoms with Crippen LogP contribution in [0.2, 0.25) is 0 Å².